The molecule has 3 N–H and O–H groups in total. The van der Waals surface area contributed by atoms with E-state index in [-0.39, 0.29) is 18.9 Å². The van der Waals surface area contributed by atoms with E-state index >= 15 is 0 Å². The lowest BCUT2D eigenvalue weighted by molar-refractivity contribution is -0.147. The number of hydrogen-bond acceptors (Lipinski definition) is 4. The van der Waals surface area contributed by atoms with Crippen LogP contribution in [0.1, 0.15) is 26.7 Å². The number of aliphatic carboxylic acids is 1. The quantitative estimate of drug-likeness (QED) is 0.481. The van der Waals surface area contributed by atoms with Crippen molar-refractivity contribution in [2.24, 2.45) is 11.7 Å². The largest absolute Gasteiger partial charge is 0.481 e. The maximum Gasteiger partial charge on any atom is 0.323 e. The zero-order valence-corrected chi connectivity index (χ0v) is 8.53. The van der Waals surface area contributed by atoms with Crippen LogP contribution in [0, 0.1) is 5.92 Å². The van der Waals surface area contributed by atoms with E-state index in [1.54, 1.807) is 0 Å². The van der Waals surface area contributed by atoms with Crippen molar-refractivity contribution >= 4 is 11.9 Å². The number of ether oxygens (including phenoxy) is 1. The number of esters is 1. The minimum atomic E-state index is -0.894. The molecule has 0 amide bonds. The van der Waals surface area contributed by atoms with Crippen LogP contribution in [0.3, 0.4) is 0 Å². The van der Waals surface area contributed by atoms with E-state index in [4.69, 9.17) is 15.6 Å². The summed E-state index contributed by atoms with van der Waals surface area (Å²) >= 11 is 0. The molecular formula is C9H17NO4. The molecule has 0 saturated heterocycles. The van der Waals surface area contributed by atoms with Crippen molar-refractivity contribution in [3.63, 3.8) is 0 Å². The molecule has 0 aliphatic rings. The fraction of sp³-hybridized carbons (Fsp3) is 0.778. The van der Waals surface area contributed by atoms with Gasteiger partial charge in [-0.25, -0.2) is 0 Å². The molecule has 0 aromatic rings. The van der Waals surface area contributed by atoms with Gasteiger partial charge < -0.3 is 15.6 Å². The predicted octanol–water partition coefficient (Wildman–Crippen LogP) is 0.378. The second-order valence-corrected chi connectivity index (χ2v) is 3.43. The predicted molar refractivity (Wildman–Crippen MR) is 50.6 cm³/mol. The van der Waals surface area contributed by atoms with Gasteiger partial charge in [-0.05, 0) is 12.3 Å². The molecule has 0 spiro atoms. The highest BCUT2D eigenvalue weighted by Gasteiger charge is 2.18. The zero-order chi connectivity index (χ0) is 11.1. The van der Waals surface area contributed by atoms with Gasteiger partial charge in [-0.1, -0.05) is 13.8 Å². The third kappa shape index (κ3) is 5.53. The normalized spacial score (nSPS) is 12.6. The highest BCUT2D eigenvalue weighted by molar-refractivity contribution is 5.75. The molecule has 0 unspecified atom stereocenters. The van der Waals surface area contributed by atoms with E-state index in [0.717, 1.165) is 0 Å². The Morgan fingerprint density at radius 3 is 2.43 bits per heavy atom. The van der Waals surface area contributed by atoms with Crippen LogP contribution in [-0.4, -0.2) is 29.7 Å². The average Bonchev–Trinajstić information content (AvgIpc) is 2.10. The molecule has 0 radical (unpaired) electrons. The second kappa shape index (κ2) is 6.37. The Bertz CT molecular complexity index is 203. The SMILES string of the molecule is CC(C)[C@@H](N)C(=O)OCCCC(=O)O. The molecule has 0 rings (SSSR count). The summed E-state index contributed by atoms with van der Waals surface area (Å²) in [5, 5.41) is 8.31. The van der Waals surface area contributed by atoms with Crippen LogP contribution in [0.2, 0.25) is 0 Å². The Balaban J connectivity index is 3.59. The number of rotatable bonds is 6. The highest BCUT2D eigenvalue weighted by Crippen LogP contribution is 2.01. The Hall–Kier alpha value is -1.10. The molecule has 0 saturated carbocycles. The van der Waals surface area contributed by atoms with Crippen molar-refractivity contribution in [3.8, 4) is 0 Å². The summed E-state index contributed by atoms with van der Waals surface area (Å²) in [4.78, 5) is 21.3. The molecule has 5 nitrogen and oxygen atoms in total. The smallest absolute Gasteiger partial charge is 0.323 e. The minimum absolute atomic E-state index is 0.00416. The molecule has 1 atom stereocenters. The van der Waals surface area contributed by atoms with Crippen LogP contribution in [0.25, 0.3) is 0 Å². The van der Waals surface area contributed by atoms with E-state index in [0.29, 0.717) is 6.42 Å². The van der Waals surface area contributed by atoms with Crippen LogP contribution in [0.15, 0.2) is 0 Å². The van der Waals surface area contributed by atoms with Crippen molar-refractivity contribution in [2.45, 2.75) is 32.7 Å². The van der Waals surface area contributed by atoms with E-state index in [2.05, 4.69) is 0 Å². The molecule has 82 valence electrons. The lowest BCUT2D eigenvalue weighted by Crippen LogP contribution is -2.37. The Morgan fingerprint density at radius 2 is 2.00 bits per heavy atom. The summed E-state index contributed by atoms with van der Waals surface area (Å²) in [5.74, 6) is -1.33. The number of carboxylic acid groups (broad SMARTS) is 1. The maximum atomic E-state index is 11.1. The van der Waals surface area contributed by atoms with Crippen molar-refractivity contribution in [3.05, 3.63) is 0 Å². The Morgan fingerprint density at radius 1 is 1.43 bits per heavy atom. The van der Waals surface area contributed by atoms with Gasteiger partial charge in [-0.15, -0.1) is 0 Å². The average molecular weight is 203 g/mol. The number of carbonyl (C=O) groups is 2. The van der Waals surface area contributed by atoms with Crippen molar-refractivity contribution < 1.29 is 19.4 Å². The van der Waals surface area contributed by atoms with Gasteiger partial charge in [0.15, 0.2) is 0 Å². The summed E-state index contributed by atoms with van der Waals surface area (Å²) in [6.45, 7) is 3.76. The Kier molecular flexibility index (Phi) is 5.87. The number of carboxylic acids is 1. The lowest BCUT2D eigenvalue weighted by atomic mass is 10.1. The number of nitrogens with two attached hydrogens (primary N) is 1. The first kappa shape index (κ1) is 12.9. The fourth-order valence-electron chi connectivity index (χ4n) is 0.765. The highest BCUT2D eigenvalue weighted by atomic mass is 16.5. The van der Waals surface area contributed by atoms with Gasteiger partial charge in [0.25, 0.3) is 0 Å². The standard InChI is InChI=1S/C9H17NO4/c1-6(2)8(10)9(13)14-5-3-4-7(11)12/h6,8H,3-5,10H2,1-2H3,(H,11,12)/t8-/m1/s1. The van der Waals surface area contributed by atoms with Gasteiger partial charge in [0.2, 0.25) is 0 Å². The zero-order valence-electron chi connectivity index (χ0n) is 8.53. The molecule has 0 aliphatic carbocycles. The van der Waals surface area contributed by atoms with Crippen molar-refractivity contribution in [1.29, 1.82) is 0 Å². The molecule has 0 fully saturated rings. The maximum absolute atomic E-state index is 11.1. The number of carbonyl (C=O) groups excluding carboxylic acids is 1. The van der Waals surface area contributed by atoms with Crippen molar-refractivity contribution in [1.82, 2.24) is 0 Å². The van der Waals surface area contributed by atoms with E-state index < -0.39 is 18.0 Å². The fourth-order valence-corrected chi connectivity index (χ4v) is 0.765. The van der Waals surface area contributed by atoms with Crippen LogP contribution < -0.4 is 5.73 Å². The van der Waals surface area contributed by atoms with E-state index in [1.807, 2.05) is 13.8 Å². The molecule has 5 heteroatoms. The monoisotopic (exact) mass is 203 g/mol. The molecule has 0 bridgehead atoms. The molecule has 0 aromatic carbocycles. The van der Waals surface area contributed by atoms with Gasteiger partial charge in [0.05, 0.1) is 6.61 Å². The molecular weight excluding hydrogens is 186 g/mol. The van der Waals surface area contributed by atoms with Crippen LogP contribution >= 0.6 is 0 Å². The van der Waals surface area contributed by atoms with E-state index in [1.165, 1.54) is 0 Å². The lowest BCUT2D eigenvalue weighted by Gasteiger charge is -2.13. The summed E-state index contributed by atoms with van der Waals surface area (Å²) < 4.78 is 4.79. The Labute approximate surface area is 83.2 Å². The third-order valence-corrected chi connectivity index (χ3v) is 1.77. The second-order valence-electron chi connectivity index (χ2n) is 3.43. The summed E-state index contributed by atoms with van der Waals surface area (Å²) in [6, 6.07) is -0.625. The summed E-state index contributed by atoms with van der Waals surface area (Å²) in [6.07, 6.45) is 0.329. The third-order valence-electron chi connectivity index (χ3n) is 1.77. The minimum Gasteiger partial charge on any atom is -0.481 e. The molecule has 0 heterocycles. The topological polar surface area (TPSA) is 89.6 Å². The summed E-state index contributed by atoms with van der Waals surface area (Å²) in [7, 11) is 0. The summed E-state index contributed by atoms with van der Waals surface area (Å²) in [5.41, 5.74) is 5.51. The van der Waals surface area contributed by atoms with Crippen molar-refractivity contribution in [2.75, 3.05) is 6.61 Å². The van der Waals surface area contributed by atoms with E-state index in [9.17, 15) is 9.59 Å². The first-order valence-electron chi connectivity index (χ1n) is 4.59. The van der Waals surface area contributed by atoms with Crippen LogP contribution in [0.4, 0.5) is 0 Å². The molecule has 0 aliphatic heterocycles. The van der Waals surface area contributed by atoms with Crippen LogP contribution in [0.5, 0.6) is 0 Å². The first-order chi connectivity index (χ1) is 6.45. The van der Waals surface area contributed by atoms with Gasteiger partial charge in [0.1, 0.15) is 6.04 Å². The number of hydrogen-bond donors (Lipinski definition) is 2. The van der Waals surface area contributed by atoms with Gasteiger partial charge in [-0.2, -0.15) is 0 Å². The van der Waals surface area contributed by atoms with Gasteiger partial charge >= 0.3 is 11.9 Å². The molecule has 14 heavy (non-hydrogen) atoms. The van der Waals surface area contributed by atoms with Gasteiger partial charge in [0, 0.05) is 6.42 Å². The molecule has 0 aromatic heterocycles. The first-order valence-corrected chi connectivity index (χ1v) is 4.59. The van der Waals surface area contributed by atoms with Gasteiger partial charge in [-0.3, -0.25) is 9.59 Å². The van der Waals surface area contributed by atoms with Crippen LogP contribution in [-0.2, 0) is 14.3 Å².